The van der Waals surface area contributed by atoms with Crippen molar-refractivity contribution in [2.24, 2.45) is 0 Å². The lowest BCUT2D eigenvalue weighted by molar-refractivity contribution is -0.171. The van der Waals surface area contributed by atoms with Gasteiger partial charge in [0, 0.05) is 17.9 Å². The van der Waals surface area contributed by atoms with Crippen LogP contribution in [-0.4, -0.2) is 45.8 Å². The van der Waals surface area contributed by atoms with Crippen LogP contribution in [0.2, 0.25) is 0 Å². The third-order valence-electron chi connectivity index (χ3n) is 6.37. The molecule has 1 heterocycles. The molecule has 0 amide bonds. The number of rotatable bonds is 6. The van der Waals surface area contributed by atoms with Gasteiger partial charge in [-0.1, -0.05) is 50.1 Å². The first kappa shape index (κ1) is 17.4. The standard InChI is InChI=1S/C20H29NO3/c1-2-21-14-8-11-17(21)15-20(24,18(22)23)19(12-6-7-13-19)16-9-4-3-5-10-16/h3-5,9-10,17,24H,2,6-8,11-15H2,1H3,(H,22,23). The lowest BCUT2D eigenvalue weighted by atomic mass is 9.63. The average molecular weight is 331 g/mol. The van der Waals surface area contributed by atoms with Crippen molar-refractivity contribution in [3.63, 3.8) is 0 Å². The van der Waals surface area contributed by atoms with E-state index in [9.17, 15) is 15.0 Å². The fourth-order valence-corrected chi connectivity index (χ4v) is 5.05. The molecule has 1 aliphatic carbocycles. The molecule has 132 valence electrons. The Bertz CT molecular complexity index is 568. The molecule has 0 bridgehead atoms. The first-order valence-corrected chi connectivity index (χ1v) is 9.29. The zero-order valence-electron chi connectivity index (χ0n) is 14.6. The molecule has 0 spiro atoms. The van der Waals surface area contributed by atoms with Crippen LogP contribution in [0.25, 0.3) is 0 Å². The number of carbonyl (C=O) groups is 1. The van der Waals surface area contributed by atoms with Crippen molar-refractivity contribution >= 4 is 5.97 Å². The lowest BCUT2D eigenvalue weighted by Crippen LogP contribution is -2.58. The van der Waals surface area contributed by atoms with Gasteiger partial charge in [-0.15, -0.1) is 0 Å². The molecule has 0 aromatic heterocycles. The summed E-state index contributed by atoms with van der Waals surface area (Å²) in [6.45, 7) is 4.04. The Morgan fingerprint density at radius 2 is 1.92 bits per heavy atom. The first-order valence-electron chi connectivity index (χ1n) is 9.29. The molecule has 3 rings (SSSR count). The molecule has 2 fully saturated rings. The molecule has 1 aromatic carbocycles. The van der Waals surface area contributed by atoms with Crippen molar-refractivity contribution < 1.29 is 15.0 Å². The van der Waals surface area contributed by atoms with E-state index in [0.29, 0.717) is 6.42 Å². The number of likely N-dealkylation sites (tertiary alicyclic amines) is 1. The molecule has 0 radical (unpaired) electrons. The van der Waals surface area contributed by atoms with Crippen LogP contribution in [-0.2, 0) is 10.2 Å². The average Bonchev–Trinajstić information content (AvgIpc) is 3.25. The maximum Gasteiger partial charge on any atom is 0.336 e. The minimum absolute atomic E-state index is 0.164. The number of nitrogens with zero attached hydrogens (tertiary/aromatic N) is 1. The molecule has 1 aromatic rings. The number of carboxylic acids is 1. The SMILES string of the molecule is CCN1CCCC1CC(O)(C(=O)O)C1(c2ccccc2)CCCC1. The summed E-state index contributed by atoms with van der Waals surface area (Å²) in [5.74, 6) is -1.06. The van der Waals surface area contributed by atoms with Crippen LogP contribution in [0.15, 0.2) is 30.3 Å². The van der Waals surface area contributed by atoms with Crippen molar-refractivity contribution in [3.05, 3.63) is 35.9 Å². The predicted octanol–water partition coefficient (Wildman–Crippen LogP) is 3.19. The molecule has 1 saturated carbocycles. The van der Waals surface area contributed by atoms with Crippen molar-refractivity contribution in [3.8, 4) is 0 Å². The molecule has 2 aliphatic rings. The Morgan fingerprint density at radius 3 is 2.50 bits per heavy atom. The number of benzene rings is 1. The van der Waals surface area contributed by atoms with E-state index >= 15 is 0 Å². The zero-order valence-corrected chi connectivity index (χ0v) is 14.6. The Labute approximate surface area is 144 Å². The van der Waals surface area contributed by atoms with Crippen LogP contribution in [0.4, 0.5) is 0 Å². The van der Waals surface area contributed by atoms with Gasteiger partial charge in [-0.3, -0.25) is 0 Å². The van der Waals surface area contributed by atoms with Gasteiger partial charge in [-0.2, -0.15) is 0 Å². The maximum atomic E-state index is 12.3. The first-order chi connectivity index (χ1) is 11.5. The van der Waals surface area contributed by atoms with Gasteiger partial charge in [0.25, 0.3) is 0 Å². The summed E-state index contributed by atoms with van der Waals surface area (Å²) < 4.78 is 0. The number of aliphatic carboxylic acids is 1. The minimum Gasteiger partial charge on any atom is -0.479 e. The minimum atomic E-state index is -1.70. The van der Waals surface area contributed by atoms with Gasteiger partial charge in [0.2, 0.25) is 0 Å². The lowest BCUT2D eigenvalue weighted by Gasteiger charge is -2.45. The van der Waals surface area contributed by atoms with Crippen LogP contribution >= 0.6 is 0 Å². The number of hydrogen-bond acceptors (Lipinski definition) is 3. The molecule has 2 atom stereocenters. The summed E-state index contributed by atoms with van der Waals surface area (Å²) in [7, 11) is 0. The molecular weight excluding hydrogens is 302 g/mol. The van der Waals surface area contributed by atoms with Gasteiger partial charge in [0.15, 0.2) is 5.60 Å². The Hall–Kier alpha value is -1.39. The Morgan fingerprint density at radius 1 is 1.25 bits per heavy atom. The van der Waals surface area contributed by atoms with Gasteiger partial charge in [0.05, 0.1) is 0 Å². The molecule has 2 unspecified atom stereocenters. The monoisotopic (exact) mass is 331 g/mol. The predicted molar refractivity (Wildman–Crippen MR) is 94.1 cm³/mol. The van der Waals surface area contributed by atoms with Gasteiger partial charge in [-0.05, 0) is 44.3 Å². The molecule has 4 heteroatoms. The van der Waals surface area contributed by atoms with E-state index < -0.39 is 17.0 Å². The van der Waals surface area contributed by atoms with E-state index in [-0.39, 0.29) is 6.04 Å². The summed E-state index contributed by atoms with van der Waals surface area (Å²) in [4.78, 5) is 14.6. The molecule has 1 saturated heterocycles. The molecule has 2 N–H and O–H groups in total. The van der Waals surface area contributed by atoms with Gasteiger partial charge >= 0.3 is 5.97 Å². The van der Waals surface area contributed by atoms with Gasteiger partial charge < -0.3 is 15.1 Å². The number of aliphatic hydroxyl groups is 1. The van der Waals surface area contributed by atoms with Crippen LogP contribution in [0.3, 0.4) is 0 Å². The molecule has 24 heavy (non-hydrogen) atoms. The number of hydrogen-bond donors (Lipinski definition) is 2. The van der Waals surface area contributed by atoms with E-state index in [0.717, 1.165) is 57.2 Å². The second-order valence-corrected chi connectivity index (χ2v) is 7.45. The highest BCUT2D eigenvalue weighted by molar-refractivity contribution is 5.80. The van der Waals surface area contributed by atoms with Crippen LogP contribution in [0, 0.1) is 0 Å². The second-order valence-electron chi connectivity index (χ2n) is 7.45. The summed E-state index contributed by atoms with van der Waals surface area (Å²) in [6, 6.07) is 9.99. The summed E-state index contributed by atoms with van der Waals surface area (Å²) in [6.07, 6.45) is 5.85. The maximum absolute atomic E-state index is 12.3. The topological polar surface area (TPSA) is 60.8 Å². The van der Waals surface area contributed by atoms with Gasteiger partial charge in [0.1, 0.15) is 0 Å². The highest BCUT2D eigenvalue weighted by Gasteiger charge is 2.58. The quantitative estimate of drug-likeness (QED) is 0.840. The van der Waals surface area contributed by atoms with E-state index in [1.54, 1.807) is 0 Å². The van der Waals surface area contributed by atoms with Gasteiger partial charge in [-0.25, -0.2) is 4.79 Å². The van der Waals surface area contributed by atoms with Crippen molar-refractivity contribution in [2.75, 3.05) is 13.1 Å². The van der Waals surface area contributed by atoms with Crippen LogP contribution in [0.5, 0.6) is 0 Å². The summed E-state index contributed by atoms with van der Waals surface area (Å²) in [5.41, 5.74) is -1.39. The second kappa shape index (κ2) is 6.85. The third kappa shape index (κ3) is 2.76. The fourth-order valence-electron chi connectivity index (χ4n) is 5.05. The molecular formula is C20H29NO3. The van der Waals surface area contributed by atoms with Crippen molar-refractivity contribution in [1.29, 1.82) is 0 Å². The third-order valence-corrected chi connectivity index (χ3v) is 6.37. The smallest absolute Gasteiger partial charge is 0.336 e. The highest BCUT2D eigenvalue weighted by Crippen LogP contribution is 2.51. The van der Waals surface area contributed by atoms with Crippen molar-refractivity contribution in [2.45, 2.75) is 68.9 Å². The molecule has 4 nitrogen and oxygen atoms in total. The van der Waals surface area contributed by atoms with Crippen LogP contribution in [0.1, 0.15) is 57.4 Å². The van der Waals surface area contributed by atoms with Crippen molar-refractivity contribution in [1.82, 2.24) is 4.90 Å². The molecule has 1 aliphatic heterocycles. The largest absolute Gasteiger partial charge is 0.479 e. The Kier molecular flexibility index (Phi) is 4.97. The summed E-state index contributed by atoms with van der Waals surface area (Å²) >= 11 is 0. The van der Waals surface area contributed by atoms with Crippen LogP contribution < -0.4 is 0 Å². The van der Waals surface area contributed by atoms with E-state index in [4.69, 9.17) is 0 Å². The highest BCUT2D eigenvalue weighted by atomic mass is 16.4. The zero-order chi connectivity index (χ0) is 17.2. The summed E-state index contributed by atoms with van der Waals surface area (Å²) in [5, 5.41) is 21.6. The number of carboxylic acid groups (broad SMARTS) is 1. The Balaban J connectivity index is 1.99. The van der Waals surface area contributed by atoms with E-state index in [2.05, 4.69) is 11.8 Å². The van der Waals surface area contributed by atoms with E-state index in [1.807, 2.05) is 30.3 Å². The van der Waals surface area contributed by atoms with E-state index in [1.165, 1.54) is 0 Å². The normalized spacial score (nSPS) is 26.3. The fraction of sp³-hybridized carbons (Fsp3) is 0.650.